The van der Waals surface area contributed by atoms with Crippen molar-refractivity contribution in [1.29, 1.82) is 0 Å². The first-order chi connectivity index (χ1) is 5.77. The molecule has 1 aromatic carbocycles. The van der Waals surface area contributed by atoms with Crippen molar-refractivity contribution in [3.8, 4) is 11.6 Å². The summed E-state index contributed by atoms with van der Waals surface area (Å²) in [5, 5.41) is 19.2. The maximum atomic E-state index is 9.32. The van der Waals surface area contributed by atoms with E-state index in [1.54, 1.807) is 12.1 Å². The summed E-state index contributed by atoms with van der Waals surface area (Å²) in [6.07, 6.45) is 0. The second-order valence-electron chi connectivity index (χ2n) is 2.52. The van der Waals surface area contributed by atoms with Gasteiger partial charge in [0.05, 0.1) is 0 Å². The van der Waals surface area contributed by atoms with Crippen LogP contribution in [0.1, 0.15) is 0 Å². The third-order valence-electron chi connectivity index (χ3n) is 1.68. The third-order valence-corrected chi connectivity index (χ3v) is 1.68. The van der Waals surface area contributed by atoms with Gasteiger partial charge in [0.15, 0.2) is 0 Å². The Bertz CT molecular complexity index is 431. The van der Waals surface area contributed by atoms with E-state index < -0.39 is 0 Å². The van der Waals surface area contributed by atoms with E-state index in [2.05, 4.69) is 4.98 Å². The number of hydrogen-bond donors (Lipinski definition) is 2. The van der Waals surface area contributed by atoms with Gasteiger partial charge in [0.25, 0.3) is 0 Å². The number of aromatic hydroxyl groups is 2. The number of pyridine rings is 1. The van der Waals surface area contributed by atoms with E-state index in [0.29, 0.717) is 5.52 Å². The number of aromatic nitrogens is 1. The number of phenolic OH excluding ortho intramolecular Hbond substituents is 1. The van der Waals surface area contributed by atoms with E-state index in [9.17, 15) is 5.11 Å². The number of fused-ring (bicyclic) bond motifs is 1. The zero-order chi connectivity index (χ0) is 8.55. The summed E-state index contributed by atoms with van der Waals surface area (Å²) in [6, 6.07) is 8.28. The van der Waals surface area contributed by atoms with Crippen molar-refractivity contribution in [3.63, 3.8) is 0 Å². The van der Waals surface area contributed by atoms with Crippen LogP contribution in [-0.4, -0.2) is 34.1 Å². The van der Waals surface area contributed by atoms with E-state index in [-0.39, 0.29) is 30.5 Å². The average molecular weight is 169 g/mol. The first kappa shape index (κ1) is 9.91. The molecule has 3 nitrogen and oxygen atoms in total. The van der Waals surface area contributed by atoms with Crippen molar-refractivity contribution in [2.75, 3.05) is 0 Å². The van der Waals surface area contributed by atoms with Gasteiger partial charge in [-0.1, -0.05) is 12.1 Å². The molecule has 0 aliphatic carbocycles. The van der Waals surface area contributed by atoms with E-state index in [0.717, 1.165) is 5.39 Å². The fourth-order valence-corrected chi connectivity index (χ4v) is 1.12. The topological polar surface area (TPSA) is 53.4 Å². The number of hydrogen-bond acceptors (Lipinski definition) is 3. The van der Waals surface area contributed by atoms with Crippen LogP contribution in [0.15, 0.2) is 30.3 Å². The van der Waals surface area contributed by atoms with E-state index in [4.69, 9.17) is 5.11 Å². The van der Waals surface area contributed by atoms with Crippen molar-refractivity contribution in [3.05, 3.63) is 30.3 Å². The van der Waals surface area contributed by atoms with Crippen LogP contribution in [0.5, 0.6) is 11.6 Å². The second-order valence-corrected chi connectivity index (χ2v) is 2.52. The molecule has 0 unspecified atom stereocenters. The Hall–Kier alpha value is -1.17. The van der Waals surface area contributed by atoms with Crippen molar-refractivity contribution >= 4 is 29.8 Å². The molecule has 0 radical (unpaired) electrons. The molecule has 0 atom stereocenters. The monoisotopic (exact) mass is 169 g/mol. The van der Waals surface area contributed by atoms with Crippen LogP contribution in [-0.2, 0) is 0 Å². The van der Waals surface area contributed by atoms with Gasteiger partial charge >= 0.3 is 18.9 Å². The number of nitrogens with zero attached hydrogens (tertiary/aromatic N) is 1. The van der Waals surface area contributed by atoms with Crippen LogP contribution in [0, 0.1) is 0 Å². The van der Waals surface area contributed by atoms with Gasteiger partial charge in [-0.25, -0.2) is 4.98 Å². The van der Waals surface area contributed by atoms with Gasteiger partial charge < -0.3 is 10.2 Å². The molecule has 0 amide bonds. The Labute approximate surface area is 87.2 Å². The molecule has 0 aliphatic rings. The van der Waals surface area contributed by atoms with E-state index >= 15 is 0 Å². The number of phenols is 1. The van der Waals surface area contributed by atoms with Gasteiger partial charge in [-0.2, -0.15) is 0 Å². The normalized spacial score (nSPS) is 9.54. The zero-order valence-electron chi connectivity index (χ0n) is 6.23. The van der Waals surface area contributed by atoms with Gasteiger partial charge in [0, 0.05) is 11.5 Å². The summed E-state index contributed by atoms with van der Waals surface area (Å²) in [7, 11) is 0. The van der Waals surface area contributed by atoms with Gasteiger partial charge in [-0.15, -0.1) is 0 Å². The molecule has 2 N–H and O–H groups in total. The molecule has 0 saturated carbocycles. The van der Waals surface area contributed by atoms with Crippen LogP contribution >= 0.6 is 0 Å². The maximum absolute atomic E-state index is 9.32. The van der Waals surface area contributed by atoms with Crippen molar-refractivity contribution in [2.24, 2.45) is 0 Å². The molecule has 2 aromatic rings. The van der Waals surface area contributed by atoms with E-state index in [1.807, 2.05) is 6.07 Å². The van der Waals surface area contributed by atoms with Crippen LogP contribution in [0.3, 0.4) is 0 Å². The van der Waals surface area contributed by atoms with Crippen molar-refractivity contribution < 1.29 is 10.2 Å². The molecule has 0 saturated heterocycles. The molecular formula is C9H8LiNO2. The summed E-state index contributed by atoms with van der Waals surface area (Å²) in [5.41, 5.74) is 0.428. The summed E-state index contributed by atoms with van der Waals surface area (Å²) < 4.78 is 0. The van der Waals surface area contributed by atoms with Crippen LogP contribution < -0.4 is 0 Å². The SMILES string of the molecule is Oc1ccc2cccc(O)c2n1.[LiH]. The Morgan fingerprint density at radius 2 is 1.77 bits per heavy atom. The summed E-state index contributed by atoms with van der Waals surface area (Å²) in [6.45, 7) is 0. The molecule has 62 valence electrons. The minimum atomic E-state index is -0.0796. The predicted octanol–water partition coefficient (Wildman–Crippen LogP) is 0.997. The van der Waals surface area contributed by atoms with Crippen LogP contribution in [0.25, 0.3) is 10.9 Å². The summed E-state index contributed by atoms with van der Waals surface area (Å²) in [5.74, 6) is 0.00685. The molecule has 0 aliphatic heterocycles. The number of para-hydroxylation sites is 1. The molecule has 13 heavy (non-hydrogen) atoms. The van der Waals surface area contributed by atoms with Crippen molar-refractivity contribution in [1.82, 2.24) is 4.98 Å². The van der Waals surface area contributed by atoms with Crippen LogP contribution in [0.2, 0.25) is 0 Å². The standard InChI is InChI=1S/C9H7NO2.Li.H/c11-7-3-1-2-6-4-5-8(12)10-9(6)7;;/h1-5,11H,(H,10,12);;. The molecule has 2 rings (SSSR count). The number of rotatable bonds is 0. The van der Waals surface area contributed by atoms with Crippen molar-refractivity contribution in [2.45, 2.75) is 0 Å². The predicted molar refractivity (Wildman–Crippen MR) is 52.2 cm³/mol. The van der Waals surface area contributed by atoms with Gasteiger partial charge in [0.1, 0.15) is 11.3 Å². The first-order valence-corrected chi connectivity index (χ1v) is 3.55. The van der Waals surface area contributed by atoms with Gasteiger partial charge in [-0.05, 0) is 12.1 Å². The Balaban J connectivity index is 0.000000845. The molecule has 1 heterocycles. The minimum absolute atomic E-state index is 0. The van der Waals surface area contributed by atoms with E-state index in [1.165, 1.54) is 12.1 Å². The summed E-state index contributed by atoms with van der Waals surface area (Å²) >= 11 is 0. The third kappa shape index (κ3) is 1.77. The first-order valence-electron chi connectivity index (χ1n) is 3.55. The molecule has 0 bridgehead atoms. The fourth-order valence-electron chi connectivity index (χ4n) is 1.12. The molecule has 0 fully saturated rings. The molecule has 4 heteroatoms. The molecule has 1 aromatic heterocycles. The zero-order valence-corrected chi connectivity index (χ0v) is 6.23. The van der Waals surface area contributed by atoms with Gasteiger partial charge in [0.2, 0.25) is 5.88 Å². The molecule has 0 spiro atoms. The quantitative estimate of drug-likeness (QED) is 0.578. The van der Waals surface area contributed by atoms with Gasteiger partial charge in [-0.3, -0.25) is 0 Å². The Morgan fingerprint density at radius 1 is 1.00 bits per heavy atom. The number of benzene rings is 1. The van der Waals surface area contributed by atoms with Crippen LogP contribution in [0.4, 0.5) is 0 Å². The fraction of sp³-hybridized carbons (Fsp3) is 0. The summed E-state index contributed by atoms with van der Waals surface area (Å²) in [4.78, 5) is 3.78. The molecular weight excluding hydrogens is 161 g/mol. The Kier molecular flexibility index (Phi) is 2.82. The average Bonchev–Trinajstić information content (AvgIpc) is 2.07. The second kappa shape index (κ2) is 3.69. The Morgan fingerprint density at radius 3 is 2.54 bits per heavy atom.